The molecule has 0 saturated carbocycles. The summed E-state index contributed by atoms with van der Waals surface area (Å²) in [6, 6.07) is 19.5. The van der Waals surface area contributed by atoms with Gasteiger partial charge in [0.15, 0.2) is 0 Å². The van der Waals surface area contributed by atoms with E-state index in [0.29, 0.717) is 54.5 Å². The Hall–Kier alpha value is -5.01. The first-order valence-electron chi connectivity index (χ1n) is 18.0. The van der Waals surface area contributed by atoms with E-state index in [1.54, 1.807) is 6.07 Å². The van der Waals surface area contributed by atoms with Crippen molar-refractivity contribution < 1.29 is 38.8 Å². The number of carboxylic acids is 2. The zero-order valence-electron chi connectivity index (χ0n) is 30.0. The summed E-state index contributed by atoms with van der Waals surface area (Å²) >= 11 is 6.65. The minimum Gasteiger partial charge on any atom is -0.481 e. The Kier molecular flexibility index (Phi) is 10.9. The van der Waals surface area contributed by atoms with Crippen molar-refractivity contribution >= 4 is 34.4 Å². The first-order chi connectivity index (χ1) is 26.0. The lowest BCUT2D eigenvalue weighted by atomic mass is 9.91. The van der Waals surface area contributed by atoms with Crippen LogP contribution in [0, 0.1) is 18.7 Å². The van der Waals surface area contributed by atoms with Gasteiger partial charge in [-0.2, -0.15) is 4.98 Å². The molecular formula is C41H42ClFN4O7. The van der Waals surface area contributed by atoms with Crippen LogP contribution in [0.25, 0.3) is 33.3 Å². The largest absolute Gasteiger partial charge is 0.481 e. The van der Waals surface area contributed by atoms with Crippen molar-refractivity contribution in [1.29, 1.82) is 0 Å². The Balaban J connectivity index is 1.10. The van der Waals surface area contributed by atoms with Crippen molar-refractivity contribution in [3.8, 4) is 34.1 Å². The molecule has 1 aliphatic heterocycles. The van der Waals surface area contributed by atoms with Gasteiger partial charge < -0.3 is 35.1 Å². The fourth-order valence-corrected chi connectivity index (χ4v) is 8.02. The van der Waals surface area contributed by atoms with E-state index in [0.717, 1.165) is 50.9 Å². The minimum absolute atomic E-state index is 0.0775. The van der Waals surface area contributed by atoms with Gasteiger partial charge in [0.25, 0.3) is 0 Å². The highest BCUT2D eigenvalue weighted by Crippen LogP contribution is 2.43. The third-order valence-corrected chi connectivity index (χ3v) is 10.7. The van der Waals surface area contributed by atoms with Crippen LogP contribution in [0.4, 0.5) is 4.39 Å². The molecule has 3 aromatic carbocycles. The number of aromatic amines is 1. The van der Waals surface area contributed by atoms with Crippen LogP contribution < -0.4 is 14.8 Å². The summed E-state index contributed by atoms with van der Waals surface area (Å²) in [5, 5.41) is 32.2. The van der Waals surface area contributed by atoms with E-state index in [1.165, 1.54) is 18.7 Å². The molecule has 2 aliphatic rings. The number of fused-ring (bicyclic) bond motifs is 2. The van der Waals surface area contributed by atoms with Crippen LogP contribution in [0.3, 0.4) is 0 Å². The smallest absolute Gasteiger partial charge is 0.307 e. The van der Waals surface area contributed by atoms with E-state index in [-0.39, 0.29) is 43.2 Å². The SMILES string of the molecule is COc1nc(O[C@H]2CCc3c(-c4cccc(-c5cc6cc(CN7CC[C@H](C(=O)O)C7)cc(F)c6[nH]5)c4C)cccc32)c(Cl)cc1CNC[C@@H](O)CC(=O)O. The first-order valence-corrected chi connectivity index (χ1v) is 18.4. The summed E-state index contributed by atoms with van der Waals surface area (Å²) in [6.45, 7) is 4.04. The van der Waals surface area contributed by atoms with Gasteiger partial charge in [0.1, 0.15) is 16.9 Å². The second kappa shape index (κ2) is 15.8. The lowest BCUT2D eigenvalue weighted by molar-refractivity contribution is -0.141. The second-order valence-electron chi connectivity index (χ2n) is 14.1. The number of rotatable bonds is 14. The van der Waals surface area contributed by atoms with Crippen LogP contribution in [0.1, 0.15) is 53.2 Å². The van der Waals surface area contributed by atoms with Crippen molar-refractivity contribution in [2.75, 3.05) is 26.7 Å². The van der Waals surface area contributed by atoms with Gasteiger partial charge in [0.2, 0.25) is 11.8 Å². The molecule has 5 N–H and O–H groups in total. The number of hydrogen-bond acceptors (Lipinski definition) is 8. The third kappa shape index (κ3) is 7.78. The number of ether oxygens (including phenoxy) is 2. The Morgan fingerprint density at radius 2 is 1.85 bits per heavy atom. The number of benzene rings is 3. The van der Waals surface area contributed by atoms with Gasteiger partial charge in [-0.05, 0) is 90.4 Å². The van der Waals surface area contributed by atoms with Crippen molar-refractivity contribution in [3.63, 3.8) is 0 Å². The molecule has 0 bridgehead atoms. The maximum Gasteiger partial charge on any atom is 0.307 e. The van der Waals surface area contributed by atoms with Crippen molar-refractivity contribution in [2.24, 2.45) is 5.92 Å². The molecule has 2 aromatic heterocycles. The highest BCUT2D eigenvalue weighted by atomic mass is 35.5. The van der Waals surface area contributed by atoms with Crippen LogP contribution in [0.15, 0.2) is 60.7 Å². The van der Waals surface area contributed by atoms with Gasteiger partial charge in [-0.25, -0.2) is 4.39 Å². The lowest BCUT2D eigenvalue weighted by Gasteiger charge is -2.18. The Bertz CT molecular complexity index is 2230. The van der Waals surface area contributed by atoms with Crippen molar-refractivity contribution in [2.45, 2.75) is 57.9 Å². The number of aliphatic carboxylic acids is 2. The molecule has 3 atom stereocenters. The molecule has 0 unspecified atom stereocenters. The van der Waals surface area contributed by atoms with Crippen LogP contribution in [-0.2, 0) is 29.1 Å². The predicted octanol–water partition coefficient (Wildman–Crippen LogP) is 6.90. The summed E-state index contributed by atoms with van der Waals surface area (Å²) in [6.07, 6.45) is 0.401. The molecule has 1 fully saturated rings. The Morgan fingerprint density at radius 3 is 2.61 bits per heavy atom. The van der Waals surface area contributed by atoms with Gasteiger partial charge in [-0.15, -0.1) is 0 Å². The number of halogens is 2. The molecule has 5 aromatic rings. The number of carboxylic acid groups (broad SMARTS) is 2. The van der Waals surface area contributed by atoms with Crippen LogP contribution in [-0.4, -0.2) is 75.0 Å². The van der Waals surface area contributed by atoms with Gasteiger partial charge in [0.05, 0.1) is 31.1 Å². The number of nitrogens with one attached hydrogen (secondary N) is 2. The summed E-state index contributed by atoms with van der Waals surface area (Å²) in [5.74, 6) is -2.04. The molecule has 3 heterocycles. The normalized spacial score (nSPS) is 17.5. The topological polar surface area (TPSA) is 157 Å². The number of H-pyrrole nitrogens is 1. The summed E-state index contributed by atoms with van der Waals surface area (Å²) < 4.78 is 27.4. The molecule has 54 heavy (non-hydrogen) atoms. The monoisotopic (exact) mass is 756 g/mol. The standard InChI is InChI=1S/C41H42ClFN4O7/c1-22-28(5-3-6-29(22)35-16-25-13-23(14-34(43)38(25)45-35)20-47-12-11-24(21-47)41(51)52)30-7-4-8-32-31(30)9-10-36(32)54-40-33(42)15-26(39(46-40)53-2)18-44-19-27(48)17-37(49)50/h3-8,13-16,24,27,36,44-45,48H,9-12,17-21H2,1-2H3,(H,49,50)(H,51,52)/t24-,27-,36-/m0/s1. The molecule has 13 heteroatoms. The first kappa shape index (κ1) is 37.3. The van der Waals surface area contributed by atoms with Crippen LogP contribution >= 0.6 is 11.6 Å². The number of aliphatic hydroxyl groups is 1. The molecule has 1 aliphatic carbocycles. The highest BCUT2D eigenvalue weighted by Gasteiger charge is 2.30. The Labute approximate surface area is 316 Å². The maximum absolute atomic E-state index is 15.4. The molecule has 11 nitrogen and oxygen atoms in total. The summed E-state index contributed by atoms with van der Waals surface area (Å²) in [7, 11) is 1.49. The van der Waals surface area contributed by atoms with E-state index in [9.17, 15) is 19.8 Å². The van der Waals surface area contributed by atoms with Crippen molar-refractivity contribution in [3.05, 3.63) is 99.3 Å². The number of hydrogen-bond donors (Lipinski definition) is 5. The number of likely N-dealkylation sites (tertiary alicyclic amines) is 1. The third-order valence-electron chi connectivity index (χ3n) is 10.4. The quantitative estimate of drug-likeness (QED) is 0.0807. The number of aliphatic hydroxyl groups excluding tert-OH is 1. The highest BCUT2D eigenvalue weighted by molar-refractivity contribution is 6.31. The maximum atomic E-state index is 15.4. The number of carbonyl (C=O) groups is 2. The van der Waals surface area contributed by atoms with E-state index in [1.807, 2.05) is 30.3 Å². The molecule has 7 rings (SSSR count). The second-order valence-corrected chi connectivity index (χ2v) is 14.5. The fraction of sp³-hybridized carbons (Fsp3) is 0.341. The van der Waals surface area contributed by atoms with Crippen LogP contribution in [0.5, 0.6) is 11.8 Å². The number of methoxy groups -OCH3 is 1. The van der Waals surface area contributed by atoms with Gasteiger partial charge in [-0.3, -0.25) is 14.5 Å². The number of aromatic nitrogens is 2. The predicted molar refractivity (Wildman–Crippen MR) is 202 cm³/mol. The fourth-order valence-electron chi connectivity index (χ4n) is 7.80. The van der Waals surface area contributed by atoms with E-state index >= 15 is 4.39 Å². The molecule has 0 radical (unpaired) electrons. The zero-order valence-corrected chi connectivity index (χ0v) is 30.8. The molecular weight excluding hydrogens is 715 g/mol. The van der Waals surface area contributed by atoms with Crippen molar-refractivity contribution in [1.82, 2.24) is 20.2 Å². The Morgan fingerprint density at radius 1 is 1.07 bits per heavy atom. The average Bonchev–Trinajstić information content (AvgIpc) is 3.88. The molecule has 1 saturated heterocycles. The minimum atomic E-state index is -1.08. The summed E-state index contributed by atoms with van der Waals surface area (Å²) in [4.78, 5) is 32.2. The molecule has 0 amide bonds. The number of nitrogens with zero attached hydrogens (tertiary/aromatic N) is 2. The van der Waals surface area contributed by atoms with Gasteiger partial charge in [-0.1, -0.05) is 48.0 Å². The lowest BCUT2D eigenvalue weighted by Crippen LogP contribution is -2.28. The molecule has 282 valence electrons. The average molecular weight is 757 g/mol. The van der Waals surface area contributed by atoms with Gasteiger partial charge >= 0.3 is 11.9 Å². The van der Waals surface area contributed by atoms with Gasteiger partial charge in [0, 0.05) is 48.4 Å². The summed E-state index contributed by atoms with van der Waals surface area (Å²) in [5.41, 5.74) is 9.08. The zero-order chi connectivity index (χ0) is 38.1. The van der Waals surface area contributed by atoms with E-state index in [4.69, 9.17) is 26.2 Å². The van der Waals surface area contributed by atoms with Crippen LogP contribution in [0.2, 0.25) is 5.02 Å². The molecule has 0 spiro atoms. The number of pyridine rings is 1. The van der Waals surface area contributed by atoms with E-state index in [2.05, 4.69) is 45.3 Å². The van der Waals surface area contributed by atoms with E-state index < -0.39 is 18.0 Å².